The molecule has 0 atom stereocenters. The second kappa shape index (κ2) is 4.99. The number of anilines is 1. The highest BCUT2D eigenvalue weighted by atomic mass is 16.2. The first-order valence-electron chi connectivity index (χ1n) is 5.92. The van der Waals surface area contributed by atoms with E-state index in [2.05, 4.69) is 12.2 Å². The number of hydrogen-bond acceptors (Lipinski definition) is 2. The molecule has 0 unspecified atom stereocenters. The minimum Gasteiger partial charge on any atom is -0.337 e. The number of unbranched alkanes of at least 4 members (excludes halogenated alkanes) is 1. The third-order valence-electron chi connectivity index (χ3n) is 2.83. The molecule has 2 rings (SSSR count). The first-order chi connectivity index (χ1) is 8.24. The number of nitrogens with one attached hydrogen (secondary N) is 1. The van der Waals surface area contributed by atoms with Crippen molar-refractivity contribution in [2.45, 2.75) is 26.2 Å². The molecular formula is C13H16N2O2. The van der Waals surface area contributed by atoms with Crippen molar-refractivity contribution in [2.24, 2.45) is 0 Å². The molecule has 0 aromatic heterocycles. The number of para-hydroxylation sites is 1. The van der Waals surface area contributed by atoms with Gasteiger partial charge in [0.1, 0.15) is 0 Å². The van der Waals surface area contributed by atoms with E-state index >= 15 is 0 Å². The molecule has 0 radical (unpaired) electrons. The zero-order valence-electron chi connectivity index (χ0n) is 9.90. The van der Waals surface area contributed by atoms with Gasteiger partial charge in [-0.05, 0) is 18.1 Å². The fraction of sp³-hybridized carbons (Fsp3) is 0.385. The number of urea groups is 1. The van der Waals surface area contributed by atoms with E-state index < -0.39 is 0 Å². The summed E-state index contributed by atoms with van der Waals surface area (Å²) in [6, 6.07) is 7.09. The predicted octanol–water partition coefficient (Wildman–Crippen LogP) is 2.09. The number of benzene rings is 1. The maximum absolute atomic E-state index is 11.9. The van der Waals surface area contributed by atoms with E-state index in [1.165, 1.54) is 4.90 Å². The van der Waals surface area contributed by atoms with Crippen LogP contribution in [0.25, 0.3) is 0 Å². The van der Waals surface area contributed by atoms with Crippen LogP contribution in [0, 0.1) is 0 Å². The number of nitrogens with zero attached hydrogens (tertiary/aromatic N) is 1. The summed E-state index contributed by atoms with van der Waals surface area (Å²) in [6.45, 7) is 2.67. The Bertz CT molecular complexity index is 443. The lowest BCUT2D eigenvalue weighted by Gasteiger charge is -2.16. The molecule has 4 nitrogen and oxygen atoms in total. The lowest BCUT2D eigenvalue weighted by molar-refractivity contribution is -0.116. The van der Waals surface area contributed by atoms with Crippen molar-refractivity contribution in [3.63, 3.8) is 0 Å². The second-order valence-corrected chi connectivity index (χ2v) is 4.12. The Morgan fingerprint density at radius 2 is 2.18 bits per heavy atom. The van der Waals surface area contributed by atoms with Gasteiger partial charge in [0.05, 0.1) is 12.1 Å². The minimum atomic E-state index is -0.312. The number of carbonyl (C=O) groups is 2. The number of fused-ring (bicyclic) bond motifs is 1. The Morgan fingerprint density at radius 3 is 2.94 bits per heavy atom. The van der Waals surface area contributed by atoms with Gasteiger partial charge in [0.2, 0.25) is 5.91 Å². The van der Waals surface area contributed by atoms with Crippen LogP contribution in [-0.4, -0.2) is 18.5 Å². The van der Waals surface area contributed by atoms with E-state index in [0.717, 1.165) is 18.4 Å². The molecule has 0 bridgehead atoms. The summed E-state index contributed by atoms with van der Waals surface area (Å²) < 4.78 is 0. The number of carbonyl (C=O) groups excluding carboxylic acids is 2. The summed E-state index contributed by atoms with van der Waals surface area (Å²) in [6.07, 6.45) is 2.26. The normalized spacial score (nSPS) is 13.7. The van der Waals surface area contributed by atoms with E-state index in [-0.39, 0.29) is 11.9 Å². The molecule has 90 valence electrons. The van der Waals surface area contributed by atoms with Crippen molar-refractivity contribution in [2.75, 3.05) is 11.4 Å². The zero-order chi connectivity index (χ0) is 12.3. The molecule has 0 saturated heterocycles. The SMILES string of the molecule is CCCCNC(=O)N1C(=O)Cc2ccccc21. The highest BCUT2D eigenvalue weighted by Gasteiger charge is 2.31. The Balaban J connectivity index is 2.10. The third-order valence-corrected chi connectivity index (χ3v) is 2.83. The monoisotopic (exact) mass is 232 g/mol. The minimum absolute atomic E-state index is 0.153. The molecule has 17 heavy (non-hydrogen) atoms. The van der Waals surface area contributed by atoms with Gasteiger partial charge >= 0.3 is 6.03 Å². The fourth-order valence-electron chi connectivity index (χ4n) is 1.93. The van der Waals surface area contributed by atoms with Gasteiger partial charge in [0, 0.05) is 6.54 Å². The topological polar surface area (TPSA) is 49.4 Å². The van der Waals surface area contributed by atoms with Gasteiger partial charge in [-0.2, -0.15) is 0 Å². The zero-order valence-corrected chi connectivity index (χ0v) is 9.90. The van der Waals surface area contributed by atoms with Crippen LogP contribution >= 0.6 is 0 Å². The summed E-state index contributed by atoms with van der Waals surface area (Å²) in [7, 11) is 0. The number of rotatable bonds is 3. The van der Waals surface area contributed by atoms with Crippen LogP contribution < -0.4 is 10.2 Å². The van der Waals surface area contributed by atoms with E-state index in [4.69, 9.17) is 0 Å². The first-order valence-corrected chi connectivity index (χ1v) is 5.92. The summed E-state index contributed by atoms with van der Waals surface area (Å²) in [4.78, 5) is 24.9. The first kappa shape index (κ1) is 11.6. The average Bonchev–Trinajstić information content (AvgIpc) is 2.65. The molecule has 0 saturated carbocycles. The molecule has 0 spiro atoms. The van der Waals surface area contributed by atoms with Gasteiger partial charge in [0.15, 0.2) is 0 Å². The van der Waals surface area contributed by atoms with Crippen molar-refractivity contribution in [3.05, 3.63) is 29.8 Å². The molecule has 0 fully saturated rings. The molecule has 1 heterocycles. The van der Waals surface area contributed by atoms with Crippen LogP contribution in [0.15, 0.2) is 24.3 Å². The van der Waals surface area contributed by atoms with Crippen molar-refractivity contribution in [1.82, 2.24) is 5.32 Å². The van der Waals surface area contributed by atoms with E-state index in [1.807, 2.05) is 18.2 Å². The lowest BCUT2D eigenvalue weighted by atomic mass is 10.2. The Hall–Kier alpha value is -1.84. The lowest BCUT2D eigenvalue weighted by Crippen LogP contribution is -2.42. The van der Waals surface area contributed by atoms with Crippen molar-refractivity contribution in [1.29, 1.82) is 0 Å². The molecule has 1 aromatic rings. The van der Waals surface area contributed by atoms with E-state index in [9.17, 15) is 9.59 Å². The predicted molar refractivity (Wildman–Crippen MR) is 65.9 cm³/mol. The van der Waals surface area contributed by atoms with Gasteiger partial charge in [-0.1, -0.05) is 31.5 Å². The average molecular weight is 232 g/mol. The van der Waals surface area contributed by atoms with Gasteiger partial charge < -0.3 is 5.32 Å². The van der Waals surface area contributed by atoms with E-state index in [0.29, 0.717) is 18.7 Å². The van der Waals surface area contributed by atoms with Crippen LogP contribution in [-0.2, 0) is 11.2 Å². The summed E-state index contributed by atoms with van der Waals surface area (Å²) in [5, 5.41) is 2.76. The standard InChI is InChI=1S/C13H16N2O2/c1-2-3-8-14-13(17)15-11-7-5-4-6-10(11)9-12(15)16/h4-7H,2-3,8-9H2,1H3,(H,14,17). The number of amides is 3. The second-order valence-electron chi connectivity index (χ2n) is 4.12. The Kier molecular flexibility index (Phi) is 3.42. The van der Waals surface area contributed by atoms with E-state index in [1.54, 1.807) is 6.07 Å². The van der Waals surface area contributed by atoms with Crippen molar-refractivity contribution in [3.8, 4) is 0 Å². The maximum Gasteiger partial charge on any atom is 0.328 e. The molecule has 1 aliphatic heterocycles. The number of hydrogen-bond donors (Lipinski definition) is 1. The van der Waals surface area contributed by atoms with Gasteiger partial charge in [-0.15, -0.1) is 0 Å². The van der Waals surface area contributed by atoms with Crippen LogP contribution in [0.4, 0.5) is 10.5 Å². The largest absolute Gasteiger partial charge is 0.337 e. The quantitative estimate of drug-likeness (QED) is 0.811. The summed E-state index contributed by atoms with van der Waals surface area (Å²) in [5.74, 6) is -0.153. The number of imide groups is 1. The molecule has 3 amide bonds. The van der Waals surface area contributed by atoms with Gasteiger partial charge in [-0.3, -0.25) is 4.79 Å². The van der Waals surface area contributed by atoms with Crippen LogP contribution in [0.5, 0.6) is 0 Å². The summed E-state index contributed by atoms with van der Waals surface area (Å²) >= 11 is 0. The van der Waals surface area contributed by atoms with Crippen LogP contribution in [0.2, 0.25) is 0 Å². The fourth-order valence-corrected chi connectivity index (χ4v) is 1.93. The third kappa shape index (κ3) is 2.30. The van der Waals surface area contributed by atoms with Gasteiger partial charge in [-0.25, -0.2) is 9.69 Å². The molecule has 1 N–H and O–H groups in total. The molecular weight excluding hydrogens is 216 g/mol. The summed E-state index contributed by atoms with van der Waals surface area (Å²) in [5.41, 5.74) is 1.63. The Morgan fingerprint density at radius 1 is 1.41 bits per heavy atom. The Labute approximate surface area is 101 Å². The van der Waals surface area contributed by atoms with Gasteiger partial charge in [0.25, 0.3) is 0 Å². The molecule has 1 aromatic carbocycles. The highest BCUT2D eigenvalue weighted by molar-refractivity contribution is 6.18. The maximum atomic E-state index is 11.9. The van der Waals surface area contributed by atoms with Crippen molar-refractivity contribution < 1.29 is 9.59 Å². The molecule has 4 heteroatoms. The smallest absolute Gasteiger partial charge is 0.328 e. The molecule has 0 aliphatic carbocycles. The van der Waals surface area contributed by atoms with Crippen LogP contribution in [0.1, 0.15) is 25.3 Å². The van der Waals surface area contributed by atoms with Crippen molar-refractivity contribution >= 4 is 17.6 Å². The highest BCUT2D eigenvalue weighted by Crippen LogP contribution is 2.28. The molecule has 1 aliphatic rings. The van der Waals surface area contributed by atoms with Crippen LogP contribution in [0.3, 0.4) is 0 Å².